The standard InChI is InChI=1S/C18H26FN5O.HI/c1-4-20-17(21-10-9-14-5-7-16(19)8-6-14)22-13-18(2,25)15-11-23-24(3)12-15;/h5-8,11-12,25H,4,9-10,13H2,1-3H3,(H2,20,21,22);1H. The maximum atomic E-state index is 12.9. The van der Waals surface area contributed by atoms with Crippen LogP contribution in [0.5, 0.6) is 0 Å². The number of hydrogen-bond acceptors (Lipinski definition) is 3. The zero-order valence-corrected chi connectivity index (χ0v) is 17.7. The number of nitrogens with one attached hydrogen (secondary N) is 2. The average Bonchev–Trinajstić information content (AvgIpc) is 3.02. The maximum Gasteiger partial charge on any atom is 0.191 e. The highest BCUT2D eigenvalue weighted by Gasteiger charge is 2.24. The molecular formula is C18H27FIN5O. The molecule has 1 atom stereocenters. The molecule has 0 saturated heterocycles. The molecule has 0 bridgehead atoms. The Labute approximate surface area is 170 Å². The summed E-state index contributed by atoms with van der Waals surface area (Å²) in [6.45, 7) is 5.29. The molecule has 0 aliphatic rings. The molecule has 8 heteroatoms. The molecule has 0 saturated carbocycles. The molecule has 0 aliphatic heterocycles. The molecule has 6 nitrogen and oxygen atoms in total. The number of benzene rings is 1. The van der Waals surface area contributed by atoms with Crippen LogP contribution in [-0.2, 0) is 19.1 Å². The van der Waals surface area contributed by atoms with Crippen molar-refractivity contribution < 1.29 is 9.50 Å². The normalized spacial score (nSPS) is 13.7. The summed E-state index contributed by atoms with van der Waals surface area (Å²) >= 11 is 0. The highest BCUT2D eigenvalue weighted by atomic mass is 127. The zero-order chi connectivity index (χ0) is 18.3. The van der Waals surface area contributed by atoms with E-state index in [9.17, 15) is 9.50 Å². The highest BCUT2D eigenvalue weighted by Crippen LogP contribution is 2.19. The smallest absolute Gasteiger partial charge is 0.191 e. The molecular weight excluding hydrogens is 448 g/mol. The van der Waals surface area contributed by atoms with Gasteiger partial charge in [-0.15, -0.1) is 24.0 Å². The Morgan fingerprint density at radius 1 is 1.31 bits per heavy atom. The van der Waals surface area contributed by atoms with Crippen molar-refractivity contribution in [1.29, 1.82) is 0 Å². The second-order valence-electron chi connectivity index (χ2n) is 6.17. The van der Waals surface area contributed by atoms with Crippen LogP contribution in [0.1, 0.15) is 25.0 Å². The SMILES string of the molecule is CCNC(=NCC(C)(O)c1cnn(C)c1)NCCc1ccc(F)cc1.I. The quantitative estimate of drug-likeness (QED) is 0.326. The van der Waals surface area contributed by atoms with Gasteiger partial charge in [0.1, 0.15) is 11.4 Å². The third kappa shape index (κ3) is 6.91. The van der Waals surface area contributed by atoms with Crippen molar-refractivity contribution in [2.24, 2.45) is 12.0 Å². The van der Waals surface area contributed by atoms with Gasteiger partial charge in [0, 0.05) is 31.9 Å². The van der Waals surface area contributed by atoms with Crippen molar-refractivity contribution in [3.63, 3.8) is 0 Å². The summed E-state index contributed by atoms with van der Waals surface area (Å²) in [6.07, 6.45) is 4.18. The number of nitrogens with zero attached hydrogens (tertiary/aromatic N) is 3. The molecule has 144 valence electrons. The second kappa shape index (κ2) is 10.5. The average molecular weight is 475 g/mol. The summed E-state index contributed by atoms with van der Waals surface area (Å²) in [5.41, 5.74) is 0.682. The molecule has 0 spiro atoms. The number of aliphatic imine (C=N–C) groups is 1. The zero-order valence-electron chi connectivity index (χ0n) is 15.4. The minimum atomic E-state index is -1.09. The van der Waals surface area contributed by atoms with Crippen molar-refractivity contribution in [2.75, 3.05) is 19.6 Å². The summed E-state index contributed by atoms with van der Waals surface area (Å²) in [7, 11) is 1.81. The topological polar surface area (TPSA) is 74.5 Å². The molecule has 2 aromatic rings. The lowest BCUT2D eigenvalue weighted by Gasteiger charge is -2.20. The van der Waals surface area contributed by atoms with Crippen LogP contribution in [0, 0.1) is 5.82 Å². The maximum absolute atomic E-state index is 12.9. The summed E-state index contributed by atoms with van der Waals surface area (Å²) < 4.78 is 14.6. The van der Waals surface area contributed by atoms with E-state index in [0.29, 0.717) is 12.5 Å². The number of aromatic nitrogens is 2. The lowest BCUT2D eigenvalue weighted by Crippen LogP contribution is -2.39. The number of aryl methyl sites for hydroxylation is 1. The van der Waals surface area contributed by atoms with Crippen LogP contribution in [0.15, 0.2) is 41.7 Å². The van der Waals surface area contributed by atoms with E-state index in [0.717, 1.165) is 24.1 Å². The Morgan fingerprint density at radius 2 is 2.00 bits per heavy atom. The van der Waals surface area contributed by atoms with E-state index in [4.69, 9.17) is 0 Å². The molecule has 26 heavy (non-hydrogen) atoms. The Hall–Kier alpha value is -1.68. The highest BCUT2D eigenvalue weighted by molar-refractivity contribution is 14.0. The van der Waals surface area contributed by atoms with Crippen LogP contribution in [0.25, 0.3) is 0 Å². The van der Waals surface area contributed by atoms with Crippen molar-refractivity contribution in [1.82, 2.24) is 20.4 Å². The number of guanidine groups is 1. The Kier molecular flexibility index (Phi) is 9.00. The predicted molar refractivity (Wildman–Crippen MR) is 112 cm³/mol. The first-order chi connectivity index (χ1) is 11.9. The van der Waals surface area contributed by atoms with E-state index in [1.807, 2.05) is 14.0 Å². The molecule has 1 aromatic carbocycles. The van der Waals surface area contributed by atoms with Crippen LogP contribution < -0.4 is 10.6 Å². The van der Waals surface area contributed by atoms with E-state index < -0.39 is 5.60 Å². The van der Waals surface area contributed by atoms with Gasteiger partial charge in [0.25, 0.3) is 0 Å². The number of halogens is 2. The second-order valence-corrected chi connectivity index (χ2v) is 6.17. The van der Waals surface area contributed by atoms with Gasteiger partial charge < -0.3 is 15.7 Å². The number of hydrogen-bond donors (Lipinski definition) is 3. The minimum absolute atomic E-state index is 0. The monoisotopic (exact) mass is 475 g/mol. The first kappa shape index (κ1) is 22.4. The summed E-state index contributed by atoms with van der Waals surface area (Å²) in [5.74, 6) is 0.401. The summed E-state index contributed by atoms with van der Waals surface area (Å²) in [4.78, 5) is 4.46. The van der Waals surface area contributed by atoms with Gasteiger partial charge in [-0.2, -0.15) is 5.10 Å². The van der Waals surface area contributed by atoms with Gasteiger partial charge in [-0.25, -0.2) is 9.38 Å². The van der Waals surface area contributed by atoms with Gasteiger partial charge in [-0.3, -0.25) is 4.68 Å². The van der Waals surface area contributed by atoms with Gasteiger partial charge in [-0.1, -0.05) is 12.1 Å². The fraction of sp³-hybridized carbons (Fsp3) is 0.444. The van der Waals surface area contributed by atoms with Crippen LogP contribution in [0.3, 0.4) is 0 Å². The van der Waals surface area contributed by atoms with Gasteiger partial charge in [0.2, 0.25) is 0 Å². The predicted octanol–water partition coefficient (Wildman–Crippen LogP) is 2.18. The van der Waals surface area contributed by atoms with Crippen molar-refractivity contribution in [3.05, 3.63) is 53.6 Å². The van der Waals surface area contributed by atoms with Gasteiger partial charge >= 0.3 is 0 Å². The molecule has 2 rings (SSSR count). The van der Waals surface area contributed by atoms with Crippen molar-refractivity contribution in [2.45, 2.75) is 25.9 Å². The first-order valence-corrected chi connectivity index (χ1v) is 8.39. The Balaban J connectivity index is 0.00000338. The molecule has 1 unspecified atom stereocenters. The third-order valence-corrected chi connectivity index (χ3v) is 3.84. The summed E-state index contributed by atoms with van der Waals surface area (Å²) in [6, 6.07) is 6.46. The van der Waals surface area contributed by atoms with Crippen LogP contribution in [0.2, 0.25) is 0 Å². The first-order valence-electron chi connectivity index (χ1n) is 8.39. The van der Waals surface area contributed by atoms with Crippen molar-refractivity contribution >= 4 is 29.9 Å². The minimum Gasteiger partial charge on any atom is -0.383 e. The molecule has 1 aromatic heterocycles. The van der Waals surface area contributed by atoms with Crippen LogP contribution in [-0.4, -0.2) is 40.5 Å². The third-order valence-electron chi connectivity index (χ3n) is 3.84. The fourth-order valence-corrected chi connectivity index (χ4v) is 2.34. The molecule has 0 fully saturated rings. The fourth-order valence-electron chi connectivity index (χ4n) is 2.34. The molecule has 0 aliphatic carbocycles. The van der Waals surface area contributed by atoms with Gasteiger partial charge in [-0.05, 0) is 38.0 Å². The summed E-state index contributed by atoms with van der Waals surface area (Å²) in [5, 5.41) is 21.1. The van der Waals surface area contributed by atoms with E-state index in [-0.39, 0.29) is 36.3 Å². The van der Waals surface area contributed by atoms with Gasteiger partial charge in [0.15, 0.2) is 5.96 Å². The molecule has 1 heterocycles. The molecule has 0 amide bonds. The van der Waals surface area contributed by atoms with E-state index in [1.54, 1.807) is 36.1 Å². The van der Waals surface area contributed by atoms with Crippen molar-refractivity contribution in [3.8, 4) is 0 Å². The van der Waals surface area contributed by atoms with E-state index >= 15 is 0 Å². The van der Waals surface area contributed by atoms with Crippen LogP contribution >= 0.6 is 24.0 Å². The number of aliphatic hydroxyl groups is 1. The molecule has 0 radical (unpaired) electrons. The lowest BCUT2D eigenvalue weighted by atomic mass is 10.0. The van der Waals surface area contributed by atoms with Crippen LogP contribution in [0.4, 0.5) is 4.39 Å². The largest absolute Gasteiger partial charge is 0.383 e. The van der Waals surface area contributed by atoms with E-state index in [1.165, 1.54) is 12.1 Å². The lowest BCUT2D eigenvalue weighted by molar-refractivity contribution is 0.0672. The Bertz CT molecular complexity index is 700. The number of rotatable bonds is 7. The van der Waals surface area contributed by atoms with E-state index in [2.05, 4.69) is 20.7 Å². The Morgan fingerprint density at radius 3 is 2.58 bits per heavy atom. The van der Waals surface area contributed by atoms with Gasteiger partial charge in [0.05, 0.1) is 12.7 Å². The molecule has 3 N–H and O–H groups in total.